The number of carbonyl (C=O) groups excluding carboxylic acids is 1. The van der Waals surface area contributed by atoms with Crippen LogP contribution in [0.2, 0.25) is 0 Å². The van der Waals surface area contributed by atoms with Crippen LogP contribution in [0, 0.1) is 0 Å². The zero-order chi connectivity index (χ0) is 14.4. The summed E-state index contributed by atoms with van der Waals surface area (Å²) in [6.07, 6.45) is 5.92. The van der Waals surface area contributed by atoms with Gasteiger partial charge in [0.2, 0.25) is 5.91 Å². The molecule has 0 bridgehead atoms. The molecule has 1 aliphatic heterocycles. The largest absolute Gasteiger partial charge is 0.394 e. The molecule has 1 fully saturated rings. The standard InChI is InChI=1S/C17H25NO2/c1-2-3-5-14-7-9-15(10-8-14)12-17(20)18-11-4-6-16(18)13-19/h7-10,16,19H,2-6,11-13H2,1H3. The van der Waals surface area contributed by atoms with Crippen molar-refractivity contribution in [2.45, 2.75) is 51.5 Å². The van der Waals surface area contributed by atoms with Gasteiger partial charge in [-0.05, 0) is 36.8 Å². The second-order valence-electron chi connectivity index (χ2n) is 5.66. The van der Waals surface area contributed by atoms with Gasteiger partial charge in [0.1, 0.15) is 0 Å². The van der Waals surface area contributed by atoms with E-state index in [1.807, 2.05) is 4.90 Å². The second-order valence-corrected chi connectivity index (χ2v) is 5.66. The van der Waals surface area contributed by atoms with E-state index in [0.29, 0.717) is 6.42 Å². The summed E-state index contributed by atoms with van der Waals surface area (Å²) in [6, 6.07) is 8.42. The smallest absolute Gasteiger partial charge is 0.227 e. The van der Waals surface area contributed by atoms with Crippen LogP contribution in [0.5, 0.6) is 0 Å². The number of unbranched alkanes of at least 4 members (excludes halogenated alkanes) is 1. The maximum absolute atomic E-state index is 12.3. The van der Waals surface area contributed by atoms with Crippen molar-refractivity contribution in [3.8, 4) is 0 Å². The summed E-state index contributed by atoms with van der Waals surface area (Å²) in [7, 11) is 0. The fourth-order valence-electron chi connectivity index (χ4n) is 2.83. The first-order valence-electron chi connectivity index (χ1n) is 7.72. The number of likely N-dealkylation sites (tertiary alicyclic amines) is 1. The Bertz CT molecular complexity index is 427. The Morgan fingerprint density at radius 3 is 2.65 bits per heavy atom. The van der Waals surface area contributed by atoms with Crippen molar-refractivity contribution in [2.24, 2.45) is 0 Å². The lowest BCUT2D eigenvalue weighted by Gasteiger charge is -2.23. The van der Waals surface area contributed by atoms with Crippen LogP contribution in [0.1, 0.15) is 43.7 Å². The minimum Gasteiger partial charge on any atom is -0.394 e. The van der Waals surface area contributed by atoms with Crippen molar-refractivity contribution in [3.63, 3.8) is 0 Å². The van der Waals surface area contributed by atoms with E-state index < -0.39 is 0 Å². The average Bonchev–Trinajstić information content (AvgIpc) is 2.95. The predicted octanol–water partition coefficient (Wildman–Crippen LogP) is 2.56. The maximum Gasteiger partial charge on any atom is 0.227 e. The first kappa shape index (κ1) is 15.0. The minimum absolute atomic E-state index is 0.0336. The van der Waals surface area contributed by atoms with Crippen LogP contribution < -0.4 is 0 Å². The van der Waals surface area contributed by atoms with Gasteiger partial charge in [-0.2, -0.15) is 0 Å². The summed E-state index contributed by atoms with van der Waals surface area (Å²) >= 11 is 0. The van der Waals surface area contributed by atoms with Crippen molar-refractivity contribution in [3.05, 3.63) is 35.4 Å². The third-order valence-electron chi connectivity index (χ3n) is 4.11. The van der Waals surface area contributed by atoms with E-state index in [1.54, 1.807) is 0 Å². The van der Waals surface area contributed by atoms with Crippen LogP contribution in [-0.2, 0) is 17.6 Å². The van der Waals surface area contributed by atoms with Gasteiger partial charge in [-0.15, -0.1) is 0 Å². The first-order chi connectivity index (χ1) is 9.74. The fourth-order valence-corrected chi connectivity index (χ4v) is 2.83. The number of benzene rings is 1. The minimum atomic E-state index is 0.0336. The molecule has 1 N–H and O–H groups in total. The molecule has 0 aliphatic carbocycles. The first-order valence-corrected chi connectivity index (χ1v) is 7.72. The van der Waals surface area contributed by atoms with Gasteiger partial charge in [0.25, 0.3) is 0 Å². The van der Waals surface area contributed by atoms with Crippen molar-refractivity contribution in [1.82, 2.24) is 4.90 Å². The molecule has 1 aliphatic rings. The Kier molecular flexibility index (Phi) is 5.60. The molecule has 1 unspecified atom stereocenters. The van der Waals surface area contributed by atoms with Crippen molar-refractivity contribution in [2.75, 3.05) is 13.2 Å². The summed E-state index contributed by atoms with van der Waals surface area (Å²) in [5.74, 6) is 0.142. The number of hydrogen-bond donors (Lipinski definition) is 1. The van der Waals surface area contributed by atoms with Crippen LogP contribution in [0.4, 0.5) is 0 Å². The van der Waals surface area contributed by atoms with Crippen LogP contribution in [0.3, 0.4) is 0 Å². The lowest BCUT2D eigenvalue weighted by Crippen LogP contribution is -2.38. The van der Waals surface area contributed by atoms with E-state index in [9.17, 15) is 9.90 Å². The molecule has 110 valence electrons. The zero-order valence-electron chi connectivity index (χ0n) is 12.3. The summed E-state index contributed by atoms with van der Waals surface area (Å²) in [5, 5.41) is 9.28. The normalized spacial score (nSPS) is 18.5. The second kappa shape index (κ2) is 7.44. The Morgan fingerprint density at radius 1 is 1.30 bits per heavy atom. The SMILES string of the molecule is CCCCc1ccc(CC(=O)N2CCCC2CO)cc1. The molecule has 2 rings (SSSR count). The van der Waals surface area contributed by atoms with Crippen LogP contribution in [0.25, 0.3) is 0 Å². The van der Waals surface area contributed by atoms with Crippen molar-refractivity contribution < 1.29 is 9.90 Å². The van der Waals surface area contributed by atoms with Gasteiger partial charge in [0.15, 0.2) is 0 Å². The van der Waals surface area contributed by atoms with Crippen molar-refractivity contribution >= 4 is 5.91 Å². The molecule has 0 aromatic heterocycles. The molecule has 0 spiro atoms. The number of aliphatic hydroxyl groups excluding tert-OH is 1. The Morgan fingerprint density at radius 2 is 2.00 bits per heavy atom. The molecule has 1 aromatic carbocycles. The molecule has 3 heteroatoms. The predicted molar refractivity (Wildman–Crippen MR) is 80.6 cm³/mol. The molecule has 20 heavy (non-hydrogen) atoms. The molecule has 0 radical (unpaired) electrons. The average molecular weight is 275 g/mol. The van der Waals surface area contributed by atoms with E-state index >= 15 is 0 Å². The van der Waals surface area contributed by atoms with Crippen LogP contribution in [0.15, 0.2) is 24.3 Å². The molecule has 3 nitrogen and oxygen atoms in total. The summed E-state index contributed by atoms with van der Waals surface area (Å²) < 4.78 is 0. The summed E-state index contributed by atoms with van der Waals surface area (Å²) in [4.78, 5) is 14.1. The number of carbonyl (C=O) groups is 1. The van der Waals surface area contributed by atoms with Crippen molar-refractivity contribution in [1.29, 1.82) is 0 Å². The summed E-state index contributed by atoms with van der Waals surface area (Å²) in [5.41, 5.74) is 2.41. The molecule has 1 saturated heterocycles. The number of amides is 1. The quantitative estimate of drug-likeness (QED) is 0.867. The molecule has 1 amide bonds. The number of nitrogens with zero attached hydrogens (tertiary/aromatic N) is 1. The third-order valence-corrected chi connectivity index (χ3v) is 4.11. The Labute approximate surface area is 121 Å². The maximum atomic E-state index is 12.3. The monoisotopic (exact) mass is 275 g/mol. The van der Waals surface area contributed by atoms with Gasteiger partial charge in [-0.25, -0.2) is 0 Å². The van der Waals surface area contributed by atoms with Gasteiger partial charge >= 0.3 is 0 Å². The van der Waals surface area contributed by atoms with E-state index in [-0.39, 0.29) is 18.6 Å². The highest BCUT2D eigenvalue weighted by molar-refractivity contribution is 5.79. The topological polar surface area (TPSA) is 40.5 Å². The molecular weight excluding hydrogens is 250 g/mol. The highest BCUT2D eigenvalue weighted by Crippen LogP contribution is 2.18. The lowest BCUT2D eigenvalue weighted by atomic mass is 10.0. The number of hydrogen-bond acceptors (Lipinski definition) is 2. The molecule has 0 saturated carbocycles. The molecule has 1 aromatic rings. The van der Waals surface area contributed by atoms with E-state index in [0.717, 1.165) is 31.4 Å². The molecule has 1 atom stereocenters. The Hall–Kier alpha value is -1.35. The number of aryl methyl sites for hydroxylation is 1. The van der Waals surface area contributed by atoms with Gasteiger partial charge in [0, 0.05) is 6.54 Å². The lowest BCUT2D eigenvalue weighted by molar-refractivity contribution is -0.131. The van der Waals surface area contributed by atoms with Gasteiger partial charge < -0.3 is 10.0 Å². The highest BCUT2D eigenvalue weighted by atomic mass is 16.3. The fraction of sp³-hybridized carbons (Fsp3) is 0.588. The zero-order valence-corrected chi connectivity index (χ0v) is 12.3. The van der Waals surface area contributed by atoms with E-state index in [2.05, 4.69) is 31.2 Å². The summed E-state index contributed by atoms with van der Waals surface area (Å²) in [6.45, 7) is 3.07. The van der Waals surface area contributed by atoms with Gasteiger partial charge in [0.05, 0.1) is 19.1 Å². The highest BCUT2D eigenvalue weighted by Gasteiger charge is 2.27. The number of aliphatic hydroxyl groups is 1. The molecular formula is C17H25NO2. The van der Waals surface area contributed by atoms with Crippen LogP contribution >= 0.6 is 0 Å². The van der Waals surface area contributed by atoms with Gasteiger partial charge in [-0.3, -0.25) is 4.79 Å². The van der Waals surface area contributed by atoms with Gasteiger partial charge in [-0.1, -0.05) is 37.6 Å². The van der Waals surface area contributed by atoms with E-state index in [1.165, 1.54) is 18.4 Å². The number of rotatable bonds is 6. The molecule has 1 heterocycles. The Balaban J connectivity index is 1.90. The third kappa shape index (κ3) is 3.83. The van der Waals surface area contributed by atoms with Crippen LogP contribution in [-0.4, -0.2) is 35.1 Å². The van der Waals surface area contributed by atoms with E-state index in [4.69, 9.17) is 0 Å².